The van der Waals surface area contributed by atoms with Crippen molar-refractivity contribution >= 4 is 16.8 Å². The van der Waals surface area contributed by atoms with Crippen LogP contribution in [0.15, 0.2) is 36.5 Å². The van der Waals surface area contributed by atoms with Gasteiger partial charge in [-0.05, 0) is 24.3 Å². The maximum Gasteiger partial charge on any atom is 0.271 e. The Bertz CT molecular complexity index is 988. The number of benzene rings is 1. The van der Waals surface area contributed by atoms with Crippen molar-refractivity contribution in [3.8, 4) is 11.3 Å². The van der Waals surface area contributed by atoms with Crippen molar-refractivity contribution in [2.24, 2.45) is 7.05 Å². The van der Waals surface area contributed by atoms with Gasteiger partial charge in [0.1, 0.15) is 0 Å². The standard InChI is InChI=1S/C21H27N5O3/c1-24-20(16-2-3-19-17(14-16)4-6-26(19)8-11-27)15-18(23-24)21(28)22-5-7-25-9-12-29-13-10-25/h2-4,6,14-15,27H,5,7-13H2,1H3,(H,22,28). The van der Waals surface area contributed by atoms with Crippen LogP contribution in [0.5, 0.6) is 0 Å². The number of amides is 1. The quantitative estimate of drug-likeness (QED) is 0.624. The number of morpholine rings is 1. The van der Waals surface area contributed by atoms with Gasteiger partial charge < -0.3 is 19.7 Å². The molecule has 1 fully saturated rings. The molecule has 1 amide bonds. The zero-order valence-corrected chi connectivity index (χ0v) is 16.7. The number of nitrogens with zero attached hydrogens (tertiary/aromatic N) is 4. The Hall–Kier alpha value is -2.68. The molecule has 4 rings (SSSR count). The summed E-state index contributed by atoms with van der Waals surface area (Å²) in [6.07, 6.45) is 1.97. The summed E-state index contributed by atoms with van der Waals surface area (Å²) in [5, 5.41) is 17.6. The predicted molar refractivity (Wildman–Crippen MR) is 111 cm³/mol. The monoisotopic (exact) mass is 397 g/mol. The van der Waals surface area contributed by atoms with Gasteiger partial charge in [-0.25, -0.2) is 0 Å². The van der Waals surface area contributed by atoms with Crippen LogP contribution in [0.3, 0.4) is 0 Å². The summed E-state index contributed by atoms with van der Waals surface area (Å²) < 4.78 is 9.10. The summed E-state index contributed by atoms with van der Waals surface area (Å²) in [5.74, 6) is -0.157. The van der Waals surface area contributed by atoms with Gasteiger partial charge in [-0.3, -0.25) is 14.4 Å². The summed E-state index contributed by atoms with van der Waals surface area (Å²) in [6.45, 7) is 5.42. The van der Waals surface area contributed by atoms with E-state index in [2.05, 4.69) is 21.4 Å². The lowest BCUT2D eigenvalue weighted by atomic mass is 10.1. The number of aromatic nitrogens is 3. The van der Waals surface area contributed by atoms with E-state index in [0.717, 1.165) is 55.0 Å². The molecule has 8 nitrogen and oxygen atoms in total. The van der Waals surface area contributed by atoms with Crippen LogP contribution in [0.1, 0.15) is 10.5 Å². The number of rotatable bonds is 7. The van der Waals surface area contributed by atoms with Crippen LogP contribution < -0.4 is 5.32 Å². The molecular formula is C21H27N5O3. The summed E-state index contributed by atoms with van der Waals surface area (Å²) in [5.41, 5.74) is 3.38. The number of carbonyl (C=O) groups excluding carboxylic acids is 1. The number of nitrogens with one attached hydrogen (secondary N) is 1. The lowest BCUT2D eigenvalue weighted by Crippen LogP contribution is -2.41. The van der Waals surface area contributed by atoms with Gasteiger partial charge in [-0.2, -0.15) is 5.10 Å². The second-order valence-electron chi connectivity index (χ2n) is 7.25. The summed E-state index contributed by atoms with van der Waals surface area (Å²) >= 11 is 0. The molecule has 0 atom stereocenters. The number of aliphatic hydroxyl groups is 1. The third kappa shape index (κ3) is 4.34. The third-order valence-corrected chi connectivity index (χ3v) is 5.34. The normalized spacial score (nSPS) is 15.1. The second kappa shape index (κ2) is 8.77. The highest BCUT2D eigenvalue weighted by Crippen LogP contribution is 2.25. The molecular weight excluding hydrogens is 370 g/mol. The Morgan fingerprint density at radius 1 is 1.21 bits per heavy atom. The number of carbonyl (C=O) groups is 1. The number of hydrogen-bond donors (Lipinski definition) is 2. The van der Waals surface area contributed by atoms with Crippen molar-refractivity contribution in [1.82, 2.24) is 24.6 Å². The molecule has 3 heterocycles. The molecule has 0 unspecified atom stereocenters. The fourth-order valence-corrected chi connectivity index (χ4v) is 3.75. The molecule has 8 heteroatoms. The average Bonchev–Trinajstić information content (AvgIpc) is 3.32. The molecule has 1 aliphatic heterocycles. The first-order chi connectivity index (χ1) is 14.2. The van der Waals surface area contributed by atoms with Gasteiger partial charge in [0.15, 0.2) is 5.69 Å². The molecule has 1 saturated heterocycles. The predicted octanol–water partition coefficient (Wildman–Crippen LogP) is 1.10. The minimum atomic E-state index is -0.157. The zero-order chi connectivity index (χ0) is 20.2. The molecule has 154 valence electrons. The molecule has 0 spiro atoms. The average molecular weight is 397 g/mol. The van der Waals surface area contributed by atoms with Gasteiger partial charge in [-0.1, -0.05) is 6.07 Å². The maximum absolute atomic E-state index is 12.5. The van der Waals surface area contributed by atoms with E-state index < -0.39 is 0 Å². The Labute approximate surface area is 169 Å². The topological polar surface area (TPSA) is 84.5 Å². The molecule has 0 radical (unpaired) electrons. The van der Waals surface area contributed by atoms with Crippen LogP contribution in [0, 0.1) is 0 Å². The van der Waals surface area contributed by atoms with Crippen molar-refractivity contribution in [1.29, 1.82) is 0 Å². The van der Waals surface area contributed by atoms with Crippen LogP contribution in [-0.2, 0) is 18.3 Å². The lowest BCUT2D eigenvalue weighted by Gasteiger charge is -2.26. The van der Waals surface area contributed by atoms with Gasteiger partial charge in [-0.15, -0.1) is 0 Å². The first-order valence-electron chi connectivity index (χ1n) is 9.98. The molecule has 0 saturated carbocycles. The van der Waals surface area contributed by atoms with Gasteiger partial charge in [0.25, 0.3) is 5.91 Å². The van der Waals surface area contributed by atoms with Crippen LogP contribution in [0.4, 0.5) is 0 Å². The molecule has 1 aliphatic rings. The highest BCUT2D eigenvalue weighted by Gasteiger charge is 2.15. The van der Waals surface area contributed by atoms with E-state index in [1.807, 2.05) is 42.1 Å². The van der Waals surface area contributed by atoms with Gasteiger partial charge in [0.05, 0.1) is 25.5 Å². The summed E-state index contributed by atoms with van der Waals surface area (Å²) in [7, 11) is 1.85. The number of aryl methyl sites for hydroxylation is 1. The summed E-state index contributed by atoms with van der Waals surface area (Å²) in [6, 6.07) is 10.0. The first kappa shape index (κ1) is 19.6. The molecule has 0 bridgehead atoms. The Balaban J connectivity index is 1.44. The molecule has 3 aromatic rings. The summed E-state index contributed by atoms with van der Waals surface area (Å²) in [4.78, 5) is 14.8. The van der Waals surface area contributed by atoms with Gasteiger partial charge in [0, 0.05) is 62.4 Å². The van der Waals surface area contributed by atoms with Gasteiger partial charge >= 0.3 is 0 Å². The fraction of sp³-hybridized carbons (Fsp3) is 0.429. The van der Waals surface area contributed by atoms with Crippen LogP contribution in [0.2, 0.25) is 0 Å². The second-order valence-corrected chi connectivity index (χ2v) is 7.25. The lowest BCUT2D eigenvalue weighted by molar-refractivity contribution is 0.0383. The Kier molecular flexibility index (Phi) is 5.94. The highest BCUT2D eigenvalue weighted by atomic mass is 16.5. The number of ether oxygens (including phenoxy) is 1. The van der Waals surface area contributed by atoms with Crippen molar-refractivity contribution in [3.63, 3.8) is 0 Å². The molecule has 29 heavy (non-hydrogen) atoms. The molecule has 1 aromatic carbocycles. The minimum absolute atomic E-state index is 0.108. The SMILES string of the molecule is Cn1nc(C(=O)NCCN2CCOCC2)cc1-c1ccc2c(ccn2CCO)c1. The van der Waals surface area contributed by atoms with Crippen molar-refractivity contribution in [3.05, 3.63) is 42.2 Å². The Morgan fingerprint density at radius 2 is 2.03 bits per heavy atom. The number of fused-ring (bicyclic) bond motifs is 1. The molecule has 0 aliphatic carbocycles. The van der Waals surface area contributed by atoms with Crippen molar-refractivity contribution < 1.29 is 14.6 Å². The molecule has 2 aromatic heterocycles. The van der Waals surface area contributed by atoms with E-state index in [4.69, 9.17) is 4.74 Å². The smallest absolute Gasteiger partial charge is 0.271 e. The number of hydrogen-bond acceptors (Lipinski definition) is 5. The van der Waals surface area contributed by atoms with Crippen LogP contribution >= 0.6 is 0 Å². The van der Waals surface area contributed by atoms with Crippen LogP contribution in [-0.4, -0.2) is 76.3 Å². The van der Waals surface area contributed by atoms with Gasteiger partial charge in [0.2, 0.25) is 0 Å². The minimum Gasteiger partial charge on any atom is -0.395 e. The van der Waals surface area contributed by atoms with E-state index in [9.17, 15) is 9.90 Å². The van der Waals surface area contributed by atoms with Crippen LogP contribution in [0.25, 0.3) is 22.2 Å². The van der Waals surface area contributed by atoms with E-state index >= 15 is 0 Å². The van der Waals surface area contributed by atoms with Crippen molar-refractivity contribution in [2.75, 3.05) is 46.0 Å². The van der Waals surface area contributed by atoms with E-state index in [-0.39, 0.29) is 12.5 Å². The maximum atomic E-state index is 12.5. The van der Waals surface area contributed by atoms with E-state index in [1.165, 1.54) is 0 Å². The largest absolute Gasteiger partial charge is 0.395 e. The molecule has 2 N–H and O–H groups in total. The third-order valence-electron chi connectivity index (χ3n) is 5.34. The van der Waals surface area contributed by atoms with Crippen molar-refractivity contribution in [2.45, 2.75) is 6.54 Å². The number of aliphatic hydroxyl groups excluding tert-OH is 1. The fourth-order valence-electron chi connectivity index (χ4n) is 3.75. The Morgan fingerprint density at radius 3 is 2.83 bits per heavy atom. The van der Waals surface area contributed by atoms with E-state index in [0.29, 0.717) is 18.8 Å². The highest BCUT2D eigenvalue weighted by molar-refractivity contribution is 5.94. The first-order valence-corrected chi connectivity index (χ1v) is 9.98. The van der Waals surface area contributed by atoms with E-state index in [1.54, 1.807) is 4.68 Å². The zero-order valence-electron chi connectivity index (χ0n) is 16.7.